The molecule has 4 rings (SSSR count). The van der Waals surface area contributed by atoms with E-state index in [0.29, 0.717) is 35.4 Å². The molecule has 0 radical (unpaired) electrons. The number of halogens is 1. The van der Waals surface area contributed by atoms with Gasteiger partial charge >= 0.3 is 0 Å². The monoisotopic (exact) mass is 476 g/mol. The average molecular weight is 477 g/mol. The summed E-state index contributed by atoms with van der Waals surface area (Å²) >= 11 is 1.53. The van der Waals surface area contributed by atoms with Crippen molar-refractivity contribution in [3.63, 3.8) is 0 Å². The van der Waals surface area contributed by atoms with E-state index in [0.717, 1.165) is 22.4 Å². The smallest absolute Gasteiger partial charge is 0.251 e. The number of nitrogens with one attached hydrogen (secondary N) is 1. The molecule has 6 nitrogen and oxygen atoms in total. The first-order chi connectivity index (χ1) is 16.5. The number of thioether (sulfide) groups is 1. The van der Waals surface area contributed by atoms with Gasteiger partial charge in [-0.2, -0.15) is 0 Å². The lowest BCUT2D eigenvalue weighted by Crippen LogP contribution is -2.26. The van der Waals surface area contributed by atoms with Crippen molar-refractivity contribution in [1.82, 2.24) is 20.1 Å². The molecule has 1 aromatic heterocycles. The van der Waals surface area contributed by atoms with Crippen LogP contribution in [0.2, 0.25) is 0 Å². The molecule has 0 aliphatic heterocycles. The topological polar surface area (TPSA) is 69.0 Å². The molecule has 1 heterocycles. The molecular formula is C26H25FN4O2S. The van der Waals surface area contributed by atoms with Crippen molar-refractivity contribution in [2.45, 2.75) is 17.8 Å². The molecule has 3 aromatic carbocycles. The molecule has 0 saturated carbocycles. The quantitative estimate of drug-likeness (QED) is 0.270. The van der Waals surface area contributed by atoms with Crippen molar-refractivity contribution in [3.8, 4) is 17.1 Å². The van der Waals surface area contributed by atoms with Gasteiger partial charge in [0.15, 0.2) is 11.0 Å². The fourth-order valence-electron chi connectivity index (χ4n) is 3.34. The third-order valence-electron chi connectivity index (χ3n) is 5.20. The number of ether oxygens (including phenoxy) is 1. The number of aromatic nitrogens is 3. The highest BCUT2D eigenvalue weighted by molar-refractivity contribution is 7.98. The van der Waals surface area contributed by atoms with Gasteiger partial charge in [0.25, 0.3) is 5.91 Å². The Labute approximate surface area is 202 Å². The summed E-state index contributed by atoms with van der Waals surface area (Å²) in [4.78, 5) is 12.2. The van der Waals surface area contributed by atoms with E-state index >= 15 is 0 Å². The molecule has 34 heavy (non-hydrogen) atoms. The Morgan fingerprint density at radius 3 is 2.38 bits per heavy atom. The highest BCUT2D eigenvalue weighted by atomic mass is 32.2. The fourth-order valence-corrected chi connectivity index (χ4v) is 4.25. The zero-order valence-electron chi connectivity index (χ0n) is 19.0. The first-order valence-electron chi connectivity index (χ1n) is 10.8. The molecule has 0 aliphatic rings. The second-order valence-electron chi connectivity index (χ2n) is 7.72. The molecule has 8 heteroatoms. The van der Waals surface area contributed by atoms with Gasteiger partial charge in [-0.05, 0) is 48.9 Å². The summed E-state index contributed by atoms with van der Waals surface area (Å²) in [5, 5.41) is 12.4. The molecule has 0 aliphatic carbocycles. The number of benzene rings is 3. The van der Waals surface area contributed by atoms with E-state index in [-0.39, 0.29) is 11.7 Å². The van der Waals surface area contributed by atoms with Gasteiger partial charge in [0.2, 0.25) is 0 Å². The van der Waals surface area contributed by atoms with Crippen molar-refractivity contribution in [1.29, 1.82) is 0 Å². The lowest BCUT2D eigenvalue weighted by atomic mass is 10.1. The number of aryl methyl sites for hydroxylation is 1. The molecule has 0 fully saturated rings. The van der Waals surface area contributed by atoms with Crippen LogP contribution in [0.1, 0.15) is 21.5 Å². The highest BCUT2D eigenvalue weighted by Crippen LogP contribution is 2.30. The van der Waals surface area contributed by atoms with E-state index in [1.807, 2.05) is 47.9 Å². The zero-order chi connectivity index (χ0) is 23.9. The summed E-state index contributed by atoms with van der Waals surface area (Å²) in [7, 11) is 1.60. The number of carbonyl (C=O) groups excluding carboxylic acids is 1. The van der Waals surface area contributed by atoms with Gasteiger partial charge in [0.1, 0.15) is 5.82 Å². The number of amides is 1. The fraction of sp³-hybridized carbons (Fsp3) is 0.192. The second kappa shape index (κ2) is 11.1. The predicted octanol–water partition coefficient (Wildman–Crippen LogP) is 5.05. The van der Waals surface area contributed by atoms with Crippen LogP contribution in [0, 0.1) is 12.7 Å². The standard InChI is InChI=1S/C26H25FN4O2S/c1-18-3-7-20(8-4-18)24-29-30-26(31(24)23-13-11-22(27)12-14-23)34-17-19-5-9-21(10-6-19)25(32)28-15-16-33-2/h3-14H,15-17H2,1-2H3,(H,28,32). The Hall–Kier alpha value is -3.49. The summed E-state index contributed by atoms with van der Waals surface area (Å²) in [6, 6.07) is 21.8. The van der Waals surface area contributed by atoms with Gasteiger partial charge in [0, 0.05) is 36.2 Å². The number of nitrogens with zero attached hydrogens (tertiary/aromatic N) is 3. The molecule has 174 valence electrons. The lowest BCUT2D eigenvalue weighted by Gasteiger charge is -2.11. The number of hydrogen-bond acceptors (Lipinski definition) is 5. The van der Waals surface area contributed by atoms with E-state index in [2.05, 4.69) is 15.5 Å². The minimum atomic E-state index is -0.297. The lowest BCUT2D eigenvalue weighted by molar-refractivity contribution is 0.0937. The first kappa shape index (κ1) is 23.7. The molecular weight excluding hydrogens is 451 g/mol. The normalized spacial score (nSPS) is 10.9. The zero-order valence-corrected chi connectivity index (χ0v) is 19.8. The molecule has 1 amide bonds. The first-order valence-corrected chi connectivity index (χ1v) is 11.8. The van der Waals surface area contributed by atoms with Crippen LogP contribution in [0.15, 0.2) is 78.0 Å². The van der Waals surface area contributed by atoms with Crippen LogP contribution >= 0.6 is 11.8 Å². The van der Waals surface area contributed by atoms with Crippen molar-refractivity contribution >= 4 is 17.7 Å². The van der Waals surface area contributed by atoms with Crippen LogP contribution in [-0.4, -0.2) is 40.9 Å². The van der Waals surface area contributed by atoms with E-state index < -0.39 is 0 Å². The van der Waals surface area contributed by atoms with Crippen molar-refractivity contribution in [3.05, 3.63) is 95.3 Å². The van der Waals surface area contributed by atoms with Crippen LogP contribution in [-0.2, 0) is 10.5 Å². The minimum Gasteiger partial charge on any atom is -0.383 e. The third kappa shape index (κ3) is 5.70. The molecule has 0 spiro atoms. The average Bonchev–Trinajstić information content (AvgIpc) is 3.28. The summed E-state index contributed by atoms with van der Waals surface area (Å²) < 4.78 is 20.5. The van der Waals surface area contributed by atoms with Crippen LogP contribution in [0.4, 0.5) is 4.39 Å². The van der Waals surface area contributed by atoms with E-state index in [1.165, 1.54) is 23.9 Å². The molecule has 0 atom stereocenters. The Bertz CT molecular complexity index is 1240. The van der Waals surface area contributed by atoms with E-state index in [4.69, 9.17) is 4.74 Å². The SMILES string of the molecule is COCCNC(=O)c1ccc(CSc2nnc(-c3ccc(C)cc3)n2-c2ccc(F)cc2)cc1. The highest BCUT2D eigenvalue weighted by Gasteiger charge is 2.16. The number of rotatable bonds is 9. The molecule has 0 unspecified atom stereocenters. The van der Waals surface area contributed by atoms with Gasteiger partial charge in [-0.25, -0.2) is 4.39 Å². The number of carbonyl (C=O) groups is 1. The molecule has 0 saturated heterocycles. The second-order valence-corrected chi connectivity index (χ2v) is 8.66. The van der Waals surface area contributed by atoms with Gasteiger partial charge in [-0.1, -0.05) is 53.7 Å². The Kier molecular flexibility index (Phi) is 7.72. The largest absolute Gasteiger partial charge is 0.383 e. The van der Waals surface area contributed by atoms with E-state index in [1.54, 1.807) is 31.4 Å². The maximum Gasteiger partial charge on any atom is 0.251 e. The number of hydrogen-bond donors (Lipinski definition) is 1. The van der Waals surface area contributed by atoms with Gasteiger partial charge in [0.05, 0.1) is 6.61 Å². The maximum absolute atomic E-state index is 13.6. The van der Waals surface area contributed by atoms with Gasteiger partial charge in [-0.15, -0.1) is 10.2 Å². The van der Waals surface area contributed by atoms with Crippen LogP contribution in [0.25, 0.3) is 17.1 Å². The van der Waals surface area contributed by atoms with Gasteiger partial charge in [-0.3, -0.25) is 9.36 Å². The van der Waals surface area contributed by atoms with Gasteiger partial charge < -0.3 is 10.1 Å². The Balaban J connectivity index is 1.54. The Morgan fingerprint density at radius 1 is 1.00 bits per heavy atom. The summed E-state index contributed by atoms with van der Waals surface area (Å²) in [6.07, 6.45) is 0. The summed E-state index contributed by atoms with van der Waals surface area (Å²) in [6.45, 7) is 2.97. The molecule has 0 bridgehead atoms. The predicted molar refractivity (Wildman–Crippen MR) is 132 cm³/mol. The van der Waals surface area contributed by atoms with E-state index in [9.17, 15) is 9.18 Å². The third-order valence-corrected chi connectivity index (χ3v) is 6.20. The van der Waals surface area contributed by atoms with Crippen LogP contribution < -0.4 is 5.32 Å². The maximum atomic E-state index is 13.6. The minimum absolute atomic E-state index is 0.130. The summed E-state index contributed by atoms with van der Waals surface area (Å²) in [5.74, 6) is 0.903. The summed E-state index contributed by atoms with van der Waals surface area (Å²) in [5.41, 5.74) is 4.51. The number of methoxy groups -OCH3 is 1. The van der Waals surface area contributed by atoms with Crippen molar-refractivity contribution in [2.24, 2.45) is 0 Å². The molecule has 1 N–H and O–H groups in total. The Morgan fingerprint density at radius 2 is 1.71 bits per heavy atom. The molecule has 4 aromatic rings. The van der Waals surface area contributed by atoms with Crippen LogP contribution in [0.5, 0.6) is 0 Å². The van der Waals surface area contributed by atoms with Crippen molar-refractivity contribution < 1.29 is 13.9 Å². The van der Waals surface area contributed by atoms with Crippen molar-refractivity contribution in [2.75, 3.05) is 20.3 Å². The van der Waals surface area contributed by atoms with Crippen LogP contribution in [0.3, 0.4) is 0 Å².